The molecule has 1 fully saturated rings. The van der Waals surface area contributed by atoms with E-state index in [4.69, 9.17) is 4.74 Å². The van der Waals surface area contributed by atoms with E-state index in [0.29, 0.717) is 36.0 Å². The highest BCUT2D eigenvalue weighted by atomic mass is 16.5. The summed E-state index contributed by atoms with van der Waals surface area (Å²) in [6, 6.07) is 15.3. The zero-order valence-corrected chi connectivity index (χ0v) is 15.9. The van der Waals surface area contributed by atoms with Crippen LogP contribution in [0.3, 0.4) is 0 Å². The van der Waals surface area contributed by atoms with E-state index in [9.17, 15) is 9.59 Å². The lowest BCUT2D eigenvalue weighted by Gasteiger charge is -2.08. The number of fused-ring (bicyclic) bond motifs is 1. The number of amides is 2. The zero-order chi connectivity index (χ0) is 20.1. The molecule has 7 nitrogen and oxygen atoms in total. The van der Waals surface area contributed by atoms with E-state index in [1.807, 2.05) is 48.5 Å². The fourth-order valence-electron chi connectivity index (χ4n) is 2.88. The predicted molar refractivity (Wildman–Crippen MR) is 109 cm³/mol. The molecular weight excluding hydrogens is 368 g/mol. The summed E-state index contributed by atoms with van der Waals surface area (Å²) in [4.78, 5) is 32.5. The van der Waals surface area contributed by atoms with Crippen LogP contribution < -0.4 is 15.4 Å². The molecule has 148 valence electrons. The molecule has 2 N–H and O–H groups in total. The van der Waals surface area contributed by atoms with Crippen molar-refractivity contribution in [3.63, 3.8) is 0 Å². The smallest absolute Gasteiger partial charge is 0.271 e. The van der Waals surface area contributed by atoms with Crippen LogP contribution in [0.15, 0.2) is 54.7 Å². The summed E-state index contributed by atoms with van der Waals surface area (Å²) in [5.41, 5.74) is 2.82. The second-order valence-electron chi connectivity index (χ2n) is 7.02. The minimum atomic E-state index is -0.245. The largest absolute Gasteiger partial charge is 0.484 e. The number of aromatic nitrogens is 2. The van der Waals surface area contributed by atoms with Gasteiger partial charge in [-0.25, -0.2) is 4.98 Å². The number of ether oxygens (including phenoxy) is 1. The quantitative estimate of drug-likeness (QED) is 0.615. The Morgan fingerprint density at radius 2 is 1.79 bits per heavy atom. The number of nitrogens with one attached hydrogen (secondary N) is 2. The second-order valence-corrected chi connectivity index (χ2v) is 7.02. The number of para-hydroxylation sites is 2. The van der Waals surface area contributed by atoms with E-state index in [2.05, 4.69) is 20.6 Å². The molecule has 0 spiro atoms. The van der Waals surface area contributed by atoms with Gasteiger partial charge in [-0.3, -0.25) is 14.6 Å². The monoisotopic (exact) mass is 390 g/mol. The normalized spacial score (nSPS) is 13.1. The molecule has 1 aliphatic rings. The third kappa shape index (κ3) is 5.28. The molecule has 2 amide bonds. The van der Waals surface area contributed by atoms with Gasteiger partial charge in [-0.05, 0) is 49.1 Å². The van der Waals surface area contributed by atoms with Crippen molar-refractivity contribution in [2.75, 3.05) is 13.2 Å². The number of carbonyl (C=O) groups is 2. The zero-order valence-electron chi connectivity index (χ0n) is 15.9. The fourth-order valence-corrected chi connectivity index (χ4v) is 2.88. The maximum atomic E-state index is 12.3. The fraction of sp³-hybridized carbons (Fsp3) is 0.273. The highest BCUT2D eigenvalue weighted by Gasteiger charge is 2.23. The molecule has 0 radical (unpaired) electrons. The topological polar surface area (TPSA) is 93.2 Å². The molecule has 7 heteroatoms. The van der Waals surface area contributed by atoms with Crippen LogP contribution in [0.1, 0.15) is 28.9 Å². The standard InChI is InChI=1S/C22H22N4O3/c27-21(25-16-7-8-16)14-29-17-9-5-15(6-10-17)11-12-23-22(28)20-13-24-18-3-1-2-4-19(18)26-20/h1-6,9-10,13,16H,7-8,11-12,14H2,(H,23,28)(H,25,27). The Labute approximate surface area is 168 Å². The number of benzene rings is 2. The van der Waals surface area contributed by atoms with Crippen LogP contribution >= 0.6 is 0 Å². The highest BCUT2D eigenvalue weighted by Crippen LogP contribution is 2.18. The van der Waals surface area contributed by atoms with Gasteiger partial charge in [0.15, 0.2) is 6.61 Å². The van der Waals surface area contributed by atoms with Crippen LogP contribution in [-0.4, -0.2) is 41.0 Å². The van der Waals surface area contributed by atoms with E-state index < -0.39 is 0 Å². The van der Waals surface area contributed by atoms with Crippen molar-refractivity contribution < 1.29 is 14.3 Å². The van der Waals surface area contributed by atoms with E-state index in [1.165, 1.54) is 6.20 Å². The summed E-state index contributed by atoms with van der Waals surface area (Å²) in [6.45, 7) is 0.510. The van der Waals surface area contributed by atoms with Crippen LogP contribution in [0, 0.1) is 0 Å². The van der Waals surface area contributed by atoms with E-state index in [0.717, 1.165) is 23.9 Å². The molecule has 3 aromatic rings. The van der Waals surface area contributed by atoms with Crippen molar-refractivity contribution in [1.29, 1.82) is 0 Å². The Bertz CT molecular complexity index is 1020. The lowest BCUT2D eigenvalue weighted by atomic mass is 10.1. The van der Waals surface area contributed by atoms with Gasteiger partial charge in [-0.15, -0.1) is 0 Å². The molecule has 2 aromatic carbocycles. The van der Waals surface area contributed by atoms with Crippen molar-refractivity contribution in [3.8, 4) is 5.75 Å². The van der Waals surface area contributed by atoms with Gasteiger partial charge in [-0.1, -0.05) is 24.3 Å². The summed E-state index contributed by atoms with van der Waals surface area (Å²) in [5, 5.41) is 5.75. The first-order valence-corrected chi connectivity index (χ1v) is 9.68. The molecule has 1 heterocycles. The highest BCUT2D eigenvalue weighted by molar-refractivity contribution is 5.93. The van der Waals surface area contributed by atoms with Crippen molar-refractivity contribution in [3.05, 3.63) is 66.0 Å². The van der Waals surface area contributed by atoms with Crippen LogP contribution in [0.2, 0.25) is 0 Å². The van der Waals surface area contributed by atoms with Gasteiger partial charge in [0.1, 0.15) is 11.4 Å². The molecular formula is C22H22N4O3. The minimum absolute atomic E-state index is 0.0265. The summed E-state index contributed by atoms with van der Waals surface area (Å²) >= 11 is 0. The van der Waals surface area contributed by atoms with Gasteiger partial charge < -0.3 is 15.4 Å². The van der Waals surface area contributed by atoms with Crippen LogP contribution in [-0.2, 0) is 11.2 Å². The average molecular weight is 390 g/mol. The molecule has 0 aliphatic heterocycles. The summed E-state index contributed by atoms with van der Waals surface area (Å²) in [5.74, 6) is 0.316. The summed E-state index contributed by atoms with van der Waals surface area (Å²) in [7, 11) is 0. The SMILES string of the molecule is O=C(COc1ccc(CCNC(=O)c2cnc3ccccc3n2)cc1)NC1CC1. The molecule has 29 heavy (non-hydrogen) atoms. The molecule has 1 aromatic heterocycles. The van der Waals surface area contributed by atoms with Gasteiger partial charge >= 0.3 is 0 Å². The minimum Gasteiger partial charge on any atom is -0.484 e. The molecule has 0 bridgehead atoms. The van der Waals surface area contributed by atoms with Crippen LogP contribution in [0.5, 0.6) is 5.75 Å². The molecule has 4 rings (SSSR count). The molecule has 0 saturated heterocycles. The summed E-state index contributed by atoms with van der Waals surface area (Å²) in [6.07, 6.45) is 4.28. The Balaban J connectivity index is 1.23. The third-order valence-corrected chi connectivity index (χ3v) is 4.62. The number of hydrogen-bond donors (Lipinski definition) is 2. The first-order chi connectivity index (χ1) is 14.2. The molecule has 1 saturated carbocycles. The van der Waals surface area contributed by atoms with Gasteiger partial charge in [0.2, 0.25) is 0 Å². The third-order valence-electron chi connectivity index (χ3n) is 4.62. The van der Waals surface area contributed by atoms with Crippen molar-refractivity contribution >= 4 is 22.8 Å². The Hall–Kier alpha value is -3.48. The van der Waals surface area contributed by atoms with E-state index in [-0.39, 0.29) is 18.4 Å². The number of rotatable bonds is 8. The number of carbonyl (C=O) groups excluding carboxylic acids is 2. The molecule has 0 atom stereocenters. The van der Waals surface area contributed by atoms with Gasteiger partial charge in [-0.2, -0.15) is 0 Å². The first-order valence-electron chi connectivity index (χ1n) is 9.68. The average Bonchev–Trinajstić information content (AvgIpc) is 3.56. The predicted octanol–water partition coefficient (Wildman–Crippen LogP) is 2.26. The lowest BCUT2D eigenvalue weighted by Crippen LogP contribution is -2.30. The summed E-state index contributed by atoms with van der Waals surface area (Å²) < 4.78 is 5.49. The molecule has 1 aliphatic carbocycles. The van der Waals surface area contributed by atoms with Gasteiger partial charge in [0.05, 0.1) is 17.2 Å². The Morgan fingerprint density at radius 1 is 1.03 bits per heavy atom. The van der Waals surface area contributed by atoms with Gasteiger partial charge in [0.25, 0.3) is 11.8 Å². The van der Waals surface area contributed by atoms with Crippen molar-refractivity contribution in [2.24, 2.45) is 0 Å². The second kappa shape index (κ2) is 8.68. The maximum Gasteiger partial charge on any atom is 0.271 e. The van der Waals surface area contributed by atoms with Crippen LogP contribution in [0.25, 0.3) is 11.0 Å². The van der Waals surface area contributed by atoms with E-state index >= 15 is 0 Å². The Morgan fingerprint density at radius 3 is 2.55 bits per heavy atom. The first kappa shape index (κ1) is 18.9. The van der Waals surface area contributed by atoms with Crippen molar-refractivity contribution in [1.82, 2.24) is 20.6 Å². The maximum absolute atomic E-state index is 12.3. The van der Waals surface area contributed by atoms with Gasteiger partial charge in [0, 0.05) is 12.6 Å². The lowest BCUT2D eigenvalue weighted by molar-refractivity contribution is -0.123. The Kier molecular flexibility index (Phi) is 5.65. The van der Waals surface area contributed by atoms with E-state index in [1.54, 1.807) is 0 Å². The number of nitrogens with zero attached hydrogens (tertiary/aromatic N) is 2. The van der Waals surface area contributed by atoms with Crippen LogP contribution in [0.4, 0.5) is 0 Å². The number of hydrogen-bond acceptors (Lipinski definition) is 5. The molecule has 0 unspecified atom stereocenters. The van der Waals surface area contributed by atoms with Crippen molar-refractivity contribution in [2.45, 2.75) is 25.3 Å².